The van der Waals surface area contributed by atoms with Gasteiger partial charge in [0.1, 0.15) is 0 Å². The smallest absolute Gasteiger partial charge is 0.237 e. The molecule has 1 rings (SSSR count). The van der Waals surface area contributed by atoms with Crippen LogP contribution in [0.2, 0.25) is 0 Å². The molecule has 0 saturated carbocycles. The van der Waals surface area contributed by atoms with Crippen LogP contribution in [-0.2, 0) is 4.79 Å². The highest BCUT2D eigenvalue weighted by atomic mass is 16.2. The number of rotatable bonds is 7. The number of amides is 1. The molecule has 1 amide bonds. The predicted octanol–water partition coefficient (Wildman–Crippen LogP) is 2.00. The molecule has 20 heavy (non-hydrogen) atoms. The second-order valence-electron chi connectivity index (χ2n) is 6.52. The lowest BCUT2D eigenvalue weighted by molar-refractivity contribution is -0.123. The molecule has 2 N–H and O–H groups in total. The van der Waals surface area contributed by atoms with E-state index in [9.17, 15) is 4.79 Å². The Morgan fingerprint density at radius 2 is 1.80 bits per heavy atom. The van der Waals surface area contributed by atoms with Gasteiger partial charge in [0.15, 0.2) is 0 Å². The van der Waals surface area contributed by atoms with Gasteiger partial charge in [-0.05, 0) is 72.5 Å². The quantitative estimate of drug-likeness (QED) is 0.751. The Hall–Kier alpha value is -0.610. The molecule has 0 radical (unpaired) electrons. The summed E-state index contributed by atoms with van der Waals surface area (Å²) in [5.74, 6) is 0.799. The summed E-state index contributed by atoms with van der Waals surface area (Å²) in [7, 11) is 0. The van der Waals surface area contributed by atoms with Crippen LogP contribution in [-0.4, -0.2) is 48.6 Å². The first-order chi connectivity index (χ1) is 9.43. The zero-order valence-corrected chi connectivity index (χ0v) is 13.9. The first-order valence-corrected chi connectivity index (χ1v) is 8.22. The lowest BCUT2D eigenvalue weighted by atomic mass is 9.90. The summed E-state index contributed by atoms with van der Waals surface area (Å²) in [6.45, 7) is 14.1. The second kappa shape index (κ2) is 8.63. The monoisotopic (exact) mass is 283 g/mol. The Morgan fingerprint density at radius 3 is 2.30 bits per heavy atom. The summed E-state index contributed by atoms with van der Waals surface area (Å²) in [5, 5.41) is 6.44. The zero-order valence-electron chi connectivity index (χ0n) is 13.9. The molecule has 0 spiro atoms. The third-order valence-corrected chi connectivity index (χ3v) is 4.22. The topological polar surface area (TPSA) is 44.4 Å². The minimum Gasteiger partial charge on any atom is -0.353 e. The van der Waals surface area contributed by atoms with Crippen molar-refractivity contribution in [3.8, 4) is 0 Å². The van der Waals surface area contributed by atoms with E-state index in [1.807, 2.05) is 20.8 Å². The number of likely N-dealkylation sites (tertiary alicyclic amines) is 1. The van der Waals surface area contributed by atoms with E-state index in [1.54, 1.807) is 0 Å². The molecule has 1 heterocycles. The zero-order chi connectivity index (χ0) is 15.1. The molecule has 0 aromatic heterocycles. The summed E-state index contributed by atoms with van der Waals surface area (Å²) in [4.78, 5) is 14.5. The first-order valence-electron chi connectivity index (χ1n) is 8.22. The molecule has 0 aliphatic carbocycles. The number of nitrogens with zero attached hydrogens (tertiary/aromatic N) is 1. The van der Waals surface area contributed by atoms with Gasteiger partial charge < -0.3 is 15.5 Å². The summed E-state index contributed by atoms with van der Waals surface area (Å²) < 4.78 is 0. The van der Waals surface area contributed by atoms with Crippen molar-refractivity contribution < 1.29 is 4.79 Å². The molecular weight excluding hydrogens is 250 g/mol. The molecule has 2 unspecified atom stereocenters. The van der Waals surface area contributed by atoms with Crippen molar-refractivity contribution in [2.75, 3.05) is 19.6 Å². The Bertz CT molecular complexity index is 285. The fraction of sp³-hybridized carbons (Fsp3) is 0.938. The molecule has 1 saturated heterocycles. The van der Waals surface area contributed by atoms with Gasteiger partial charge in [0.05, 0.1) is 6.04 Å². The largest absolute Gasteiger partial charge is 0.353 e. The summed E-state index contributed by atoms with van der Waals surface area (Å²) in [6, 6.07) is 0.507. The maximum Gasteiger partial charge on any atom is 0.237 e. The molecular formula is C16H33N3O. The number of carbonyl (C=O) groups excluding carboxylic acids is 1. The van der Waals surface area contributed by atoms with Crippen LogP contribution >= 0.6 is 0 Å². The highest BCUT2D eigenvalue weighted by Crippen LogP contribution is 2.21. The molecule has 4 heteroatoms. The van der Waals surface area contributed by atoms with Gasteiger partial charge in [0.25, 0.3) is 0 Å². The standard InChI is InChI=1S/C16H33N3O/c1-6-9-19-10-7-15(8-11-19)13(4)18-14(5)16(20)17-12(2)3/h12-15,18H,6-11H2,1-5H3,(H,17,20). The van der Waals surface area contributed by atoms with Crippen LogP contribution in [0, 0.1) is 5.92 Å². The van der Waals surface area contributed by atoms with Crippen LogP contribution in [0.1, 0.15) is 53.9 Å². The number of nitrogens with one attached hydrogen (secondary N) is 2. The van der Waals surface area contributed by atoms with Crippen LogP contribution in [0.4, 0.5) is 0 Å². The Morgan fingerprint density at radius 1 is 1.20 bits per heavy atom. The minimum absolute atomic E-state index is 0.107. The summed E-state index contributed by atoms with van der Waals surface area (Å²) in [6.07, 6.45) is 3.73. The number of hydrogen-bond acceptors (Lipinski definition) is 3. The van der Waals surface area contributed by atoms with E-state index in [4.69, 9.17) is 0 Å². The third-order valence-electron chi connectivity index (χ3n) is 4.22. The van der Waals surface area contributed by atoms with Gasteiger partial charge in [-0.15, -0.1) is 0 Å². The van der Waals surface area contributed by atoms with Crippen molar-refractivity contribution in [3.63, 3.8) is 0 Å². The van der Waals surface area contributed by atoms with Crippen LogP contribution in [0.3, 0.4) is 0 Å². The van der Waals surface area contributed by atoms with E-state index in [-0.39, 0.29) is 18.0 Å². The number of piperidine rings is 1. The van der Waals surface area contributed by atoms with Gasteiger partial charge >= 0.3 is 0 Å². The van der Waals surface area contributed by atoms with E-state index < -0.39 is 0 Å². The van der Waals surface area contributed by atoms with Gasteiger partial charge in [0.2, 0.25) is 5.91 Å². The molecule has 1 aliphatic heterocycles. The lowest BCUT2D eigenvalue weighted by Crippen LogP contribution is -2.50. The summed E-state index contributed by atoms with van der Waals surface area (Å²) >= 11 is 0. The lowest BCUT2D eigenvalue weighted by Gasteiger charge is -2.36. The van der Waals surface area contributed by atoms with Crippen LogP contribution in [0.15, 0.2) is 0 Å². The van der Waals surface area contributed by atoms with E-state index in [1.165, 1.54) is 38.9 Å². The van der Waals surface area contributed by atoms with Crippen LogP contribution in [0.25, 0.3) is 0 Å². The molecule has 118 valence electrons. The van der Waals surface area contributed by atoms with Crippen LogP contribution in [0.5, 0.6) is 0 Å². The van der Waals surface area contributed by atoms with Gasteiger partial charge in [0, 0.05) is 12.1 Å². The Balaban J connectivity index is 2.32. The normalized spacial score (nSPS) is 20.9. The van der Waals surface area contributed by atoms with Crippen LogP contribution < -0.4 is 10.6 Å². The van der Waals surface area contributed by atoms with E-state index in [0.29, 0.717) is 12.0 Å². The number of carbonyl (C=O) groups is 1. The van der Waals surface area contributed by atoms with E-state index in [2.05, 4.69) is 29.4 Å². The average molecular weight is 283 g/mol. The van der Waals surface area contributed by atoms with Gasteiger partial charge in [-0.25, -0.2) is 0 Å². The van der Waals surface area contributed by atoms with Gasteiger partial charge in [-0.2, -0.15) is 0 Å². The van der Waals surface area contributed by atoms with Crippen molar-refractivity contribution in [1.82, 2.24) is 15.5 Å². The molecule has 0 bridgehead atoms. The van der Waals surface area contributed by atoms with Gasteiger partial charge in [-0.1, -0.05) is 6.92 Å². The van der Waals surface area contributed by atoms with Crippen molar-refractivity contribution in [2.45, 2.75) is 72.0 Å². The molecule has 0 aromatic carbocycles. The van der Waals surface area contributed by atoms with E-state index in [0.717, 1.165) is 0 Å². The highest BCUT2D eigenvalue weighted by molar-refractivity contribution is 5.81. The minimum atomic E-state index is -0.110. The van der Waals surface area contributed by atoms with Gasteiger partial charge in [-0.3, -0.25) is 4.79 Å². The average Bonchev–Trinajstić information content (AvgIpc) is 2.39. The number of hydrogen-bond donors (Lipinski definition) is 2. The molecule has 4 nitrogen and oxygen atoms in total. The first kappa shape index (κ1) is 17.4. The van der Waals surface area contributed by atoms with Crippen molar-refractivity contribution in [1.29, 1.82) is 0 Å². The van der Waals surface area contributed by atoms with E-state index >= 15 is 0 Å². The molecule has 1 aliphatic rings. The SMILES string of the molecule is CCCN1CCC(C(C)NC(C)C(=O)NC(C)C)CC1. The second-order valence-corrected chi connectivity index (χ2v) is 6.52. The fourth-order valence-corrected chi connectivity index (χ4v) is 3.01. The Labute approximate surface area is 124 Å². The van der Waals surface area contributed by atoms with Crippen molar-refractivity contribution >= 4 is 5.91 Å². The third kappa shape index (κ3) is 5.80. The molecule has 2 atom stereocenters. The predicted molar refractivity (Wildman–Crippen MR) is 84.8 cm³/mol. The maximum absolute atomic E-state index is 11.9. The highest BCUT2D eigenvalue weighted by Gasteiger charge is 2.25. The maximum atomic E-state index is 11.9. The molecule has 1 fully saturated rings. The van der Waals surface area contributed by atoms with Crippen molar-refractivity contribution in [3.05, 3.63) is 0 Å². The Kier molecular flexibility index (Phi) is 7.52. The fourth-order valence-electron chi connectivity index (χ4n) is 3.01. The summed E-state index contributed by atoms with van der Waals surface area (Å²) in [5.41, 5.74) is 0. The molecule has 0 aromatic rings. The van der Waals surface area contributed by atoms with Crippen molar-refractivity contribution in [2.24, 2.45) is 5.92 Å².